The molecule has 1 fully saturated rings. The molecule has 9 nitrogen and oxygen atoms in total. The highest BCUT2D eigenvalue weighted by Crippen LogP contribution is 2.30. The van der Waals surface area contributed by atoms with Gasteiger partial charge in [0.2, 0.25) is 5.95 Å². The summed E-state index contributed by atoms with van der Waals surface area (Å²) in [6.07, 6.45) is 2.72. The molecule has 0 atom stereocenters. The topological polar surface area (TPSA) is 100 Å². The van der Waals surface area contributed by atoms with Crippen molar-refractivity contribution in [1.82, 2.24) is 14.9 Å². The number of amides is 1. The number of fused-ring (bicyclic) bond motifs is 1. The fourth-order valence-corrected chi connectivity index (χ4v) is 5.88. The number of aromatic nitrogens is 2. The van der Waals surface area contributed by atoms with Crippen LogP contribution in [-0.2, 0) is 18.4 Å². The first-order valence-electron chi connectivity index (χ1n) is 15.5. The molecule has 4 aromatic rings. The largest absolute Gasteiger partial charge is 0.369 e. The molecule has 2 aliphatic heterocycles. The Morgan fingerprint density at radius 1 is 0.933 bits per heavy atom. The molecule has 9 heteroatoms. The average molecular weight is 601 g/mol. The number of benzene rings is 3. The molecule has 1 saturated heterocycles. The highest BCUT2D eigenvalue weighted by molar-refractivity contribution is 6.04. The molecule has 0 saturated carbocycles. The number of aryl methyl sites for hydroxylation is 1. The number of hydrogen-bond donors (Lipinski definition) is 2. The van der Waals surface area contributed by atoms with Crippen molar-refractivity contribution in [2.75, 3.05) is 60.2 Å². The number of carbonyl (C=O) groups excluding carboxylic acids is 1. The van der Waals surface area contributed by atoms with Crippen LogP contribution in [0.15, 0.2) is 72.9 Å². The van der Waals surface area contributed by atoms with Crippen molar-refractivity contribution in [2.24, 2.45) is 0 Å². The van der Waals surface area contributed by atoms with Gasteiger partial charge in [0, 0.05) is 85.8 Å². The molecule has 0 unspecified atom stereocenters. The lowest BCUT2D eigenvalue weighted by Crippen LogP contribution is -2.44. The van der Waals surface area contributed by atoms with Crippen LogP contribution in [-0.4, -0.2) is 60.5 Å². The first-order valence-corrected chi connectivity index (χ1v) is 15.5. The van der Waals surface area contributed by atoms with Crippen LogP contribution in [0.5, 0.6) is 0 Å². The Morgan fingerprint density at radius 3 is 2.44 bits per heavy atom. The third kappa shape index (κ3) is 6.76. The maximum Gasteiger partial charge on any atom is 0.255 e. The van der Waals surface area contributed by atoms with E-state index in [9.17, 15) is 10.1 Å². The average Bonchev–Trinajstić information content (AvgIpc) is 3.06. The lowest BCUT2D eigenvalue weighted by atomic mass is 9.85. The summed E-state index contributed by atoms with van der Waals surface area (Å²) in [5.74, 6) is 0.407. The molecule has 3 heterocycles. The Bertz CT molecular complexity index is 1740. The molecule has 0 aliphatic carbocycles. The molecule has 1 aromatic heterocycles. The van der Waals surface area contributed by atoms with Crippen LogP contribution in [0, 0.1) is 18.3 Å². The van der Waals surface area contributed by atoms with Gasteiger partial charge in [0.15, 0.2) is 0 Å². The zero-order chi connectivity index (χ0) is 31.6. The van der Waals surface area contributed by atoms with Crippen molar-refractivity contribution in [1.29, 1.82) is 5.26 Å². The van der Waals surface area contributed by atoms with Gasteiger partial charge in [-0.05, 0) is 87.5 Å². The van der Waals surface area contributed by atoms with Gasteiger partial charge in [-0.2, -0.15) is 5.26 Å². The first kappa shape index (κ1) is 30.1. The van der Waals surface area contributed by atoms with Crippen molar-refractivity contribution >= 4 is 34.6 Å². The maximum atomic E-state index is 13.1. The summed E-state index contributed by atoms with van der Waals surface area (Å²) in [6.45, 7) is 11.6. The van der Waals surface area contributed by atoms with Crippen LogP contribution in [0.3, 0.4) is 0 Å². The number of likely N-dealkylation sites (N-methyl/N-ethyl adjacent to an activating group) is 1. The molecule has 3 aromatic carbocycles. The molecule has 2 aliphatic rings. The fourth-order valence-electron chi connectivity index (χ4n) is 5.88. The second kappa shape index (κ2) is 12.6. The molecule has 0 spiro atoms. The van der Waals surface area contributed by atoms with E-state index in [1.54, 1.807) is 12.1 Å². The lowest BCUT2D eigenvalue weighted by Gasteiger charge is -2.34. The maximum absolute atomic E-state index is 13.1. The highest BCUT2D eigenvalue weighted by Gasteiger charge is 2.23. The summed E-state index contributed by atoms with van der Waals surface area (Å²) in [5.41, 5.74) is 7.97. The van der Waals surface area contributed by atoms with E-state index in [0.29, 0.717) is 18.1 Å². The van der Waals surface area contributed by atoms with Crippen molar-refractivity contribution in [2.45, 2.75) is 39.2 Å². The minimum Gasteiger partial charge on any atom is -0.369 e. The Kier molecular flexibility index (Phi) is 8.42. The van der Waals surface area contributed by atoms with Gasteiger partial charge in [0.25, 0.3) is 5.91 Å². The number of carbonyl (C=O) groups is 1. The number of nitrogens with one attached hydrogen (secondary N) is 2. The summed E-state index contributed by atoms with van der Waals surface area (Å²) in [6, 6.07) is 24.1. The SMILES string of the molecule is Cc1ccc(NC(=O)c2cccc(C(C)(C)C#N)c2)cc1N1CCc2nc(Nc3ccc(N4CCN(C)CC4)cc3)ncc2C1. The predicted molar refractivity (Wildman–Crippen MR) is 180 cm³/mol. The Hall–Kier alpha value is -4.94. The van der Waals surface area contributed by atoms with Gasteiger partial charge < -0.3 is 25.3 Å². The van der Waals surface area contributed by atoms with Gasteiger partial charge >= 0.3 is 0 Å². The van der Waals surface area contributed by atoms with E-state index in [1.165, 1.54) is 5.69 Å². The standard InChI is InChI=1S/C36H40N8O/c1-25-8-9-30(39-34(45)26-6-5-7-28(20-26)36(2,3)24-37)21-33(25)44-15-14-32-27(23-44)22-38-35(41-32)40-29-10-12-31(13-11-29)43-18-16-42(4)17-19-43/h5-13,20-22H,14-19,23H2,1-4H3,(H,39,45)(H,38,40,41). The van der Waals surface area contributed by atoms with E-state index in [-0.39, 0.29) is 5.91 Å². The smallest absolute Gasteiger partial charge is 0.255 e. The van der Waals surface area contributed by atoms with Gasteiger partial charge in [0.1, 0.15) is 0 Å². The molecule has 0 radical (unpaired) electrons. The van der Waals surface area contributed by atoms with Crippen LogP contribution in [0.2, 0.25) is 0 Å². The van der Waals surface area contributed by atoms with Crippen LogP contribution < -0.4 is 20.4 Å². The van der Waals surface area contributed by atoms with Crippen LogP contribution >= 0.6 is 0 Å². The minimum absolute atomic E-state index is 0.202. The van der Waals surface area contributed by atoms with Gasteiger partial charge in [0.05, 0.1) is 17.2 Å². The molecule has 45 heavy (non-hydrogen) atoms. The quantitative estimate of drug-likeness (QED) is 0.271. The summed E-state index contributed by atoms with van der Waals surface area (Å²) in [4.78, 5) is 29.7. The van der Waals surface area contributed by atoms with Crippen molar-refractivity contribution < 1.29 is 4.79 Å². The van der Waals surface area contributed by atoms with Crippen LogP contribution in [0.1, 0.15) is 46.6 Å². The summed E-state index contributed by atoms with van der Waals surface area (Å²) < 4.78 is 0. The fraction of sp³-hybridized carbons (Fsp3) is 0.333. The monoisotopic (exact) mass is 600 g/mol. The normalized spacial score (nSPS) is 15.3. The molecule has 1 amide bonds. The van der Waals surface area contributed by atoms with Crippen LogP contribution in [0.25, 0.3) is 0 Å². The minimum atomic E-state index is -0.672. The van der Waals surface area contributed by atoms with Gasteiger partial charge in [-0.1, -0.05) is 18.2 Å². The predicted octanol–water partition coefficient (Wildman–Crippen LogP) is 5.90. The van der Waals surface area contributed by atoms with Gasteiger partial charge in [-0.3, -0.25) is 4.79 Å². The third-order valence-electron chi connectivity index (χ3n) is 8.86. The number of nitrogens with zero attached hydrogens (tertiary/aromatic N) is 6. The number of rotatable bonds is 7. The Morgan fingerprint density at radius 2 is 1.69 bits per heavy atom. The molecular formula is C36H40N8O. The van der Waals surface area contributed by atoms with E-state index in [1.807, 2.05) is 50.4 Å². The highest BCUT2D eigenvalue weighted by atomic mass is 16.1. The molecular weight excluding hydrogens is 560 g/mol. The summed E-state index contributed by atoms with van der Waals surface area (Å²) in [7, 11) is 2.17. The third-order valence-corrected chi connectivity index (χ3v) is 8.86. The zero-order valence-electron chi connectivity index (χ0n) is 26.5. The van der Waals surface area contributed by atoms with E-state index < -0.39 is 5.41 Å². The van der Waals surface area contributed by atoms with Crippen LogP contribution in [0.4, 0.5) is 28.7 Å². The van der Waals surface area contributed by atoms with E-state index in [4.69, 9.17) is 4.98 Å². The number of piperazine rings is 1. The van der Waals surface area contributed by atoms with Gasteiger partial charge in [-0.25, -0.2) is 9.97 Å². The molecule has 6 rings (SSSR count). The number of anilines is 5. The van der Waals surface area contributed by atoms with Crippen molar-refractivity contribution in [3.8, 4) is 6.07 Å². The Labute approximate surface area is 265 Å². The molecule has 230 valence electrons. The van der Waals surface area contributed by atoms with E-state index in [2.05, 4.69) is 74.6 Å². The van der Waals surface area contributed by atoms with Crippen molar-refractivity contribution in [3.63, 3.8) is 0 Å². The summed E-state index contributed by atoms with van der Waals surface area (Å²) >= 11 is 0. The van der Waals surface area contributed by atoms with E-state index >= 15 is 0 Å². The summed E-state index contributed by atoms with van der Waals surface area (Å²) in [5, 5.41) is 15.9. The number of nitriles is 1. The zero-order valence-corrected chi connectivity index (χ0v) is 26.5. The molecule has 2 N–H and O–H groups in total. The Balaban J connectivity index is 1.11. The second-order valence-corrected chi connectivity index (χ2v) is 12.6. The van der Waals surface area contributed by atoms with Crippen molar-refractivity contribution in [3.05, 3.63) is 101 Å². The lowest BCUT2D eigenvalue weighted by molar-refractivity contribution is 0.102. The number of hydrogen-bond acceptors (Lipinski definition) is 8. The first-order chi connectivity index (χ1) is 21.7. The van der Waals surface area contributed by atoms with E-state index in [0.717, 1.165) is 78.6 Å². The second-order valence-electron chi connectivity index (χ2n) is 12.6. The van der Waals surface area contributed by atoms with Gasteiger partial charge in [-0.15, -0.1) is 0 Å². The molecule has 0 bridgehead atoms.